The lowest BCUT2D eigenvalue weighted by molar-refractivity contribution is -0.189. The van der Waals surface area contributed by atoms with Crippen LogP contribution in [0.2, 0.25) is 0 Å². The molecule has 1 saturated carbocycles. The van der Waals surface area contributed by atoms with Crippen molar-refractivity contribution >= 4 is 15.7 Å². The van der Waals surface area contributed by atoms with Gasteiger partial charge in [-0.3, -0.25) is 4.79 Å². The standard InChI is InChI=1S/C19H20F3N3O5S/c1-10(19(20,21)22)29-15-5-4-13(31(3,27)28)6-14(15)16(26)25-8-12-7-18(12,9-25)17-23-11(2)30-24-17/h4-6,10,12H,7-9H2,1-3H3/t10-,12?,18?/m0/s1. The van der Waals surface area contributed by atoms with Crippen molar-refractivity contribution in [3.05, 3.63) is 35.5 Å². The predicted octanol–water partition coefficient (Wildman–Crippen LogP) is 2.52. The van der Waals surface area contributed by atoms with Crippen LogP contribution in [0.25, 0.3) is 0 Å². The lowest BCUT2D eigenvalue weighted by atomic mass is 10.1. The normalized spacial score (nSPS) is 24.1. The SMILES string of the molecule is Cc1nc(C23CC2CN(C(=O)c2cc(S(C)(=O)=O)ccc2O[C@@H](C)C(F)(F)F)C3)no1. The number of piperidine rings is 1. The van der Waals surface area contributed by atoms with Crippen LogP contribution in [-0.2, 0) is 15.3 Å². The van der Waals surface area contributed by atoms with E-state index in [1.165, 1.54) is 4.90 Å². The lowest BCUT2D eigenvalue weighted by Crippen LogP contribution is -2.35. The molecule has 31 heavy (non-hydrogen) atoms. The summed E-state index contributed by atoms with van der Waals surface area (Å²) in [6.45, 7) is 3.08. The molecule has 2 unspecified atom stereocenters. The Balaban J connectivity index is 1.65. The van der Waals surface area contributed by atoms with Crippen molar-refractivity contribution in [2.24, 2.45) is 5.92 Å². The molecule has 1 aliphatic heterocycles. The number of likely N-dealkylation sites (tertiary alicyclic amines) is 1. The van der Waals surface area contributed by atoms with E-state index in [-0.39, 0.29) is 28.7 Å². The minimum atomic E-state index is -4.65. The number of carbonyl (C=O) groups is 1. The Morgan fingerprint density at radius 3 is 2.68 bits per heavy atom. The molecule has 1 aromatic carbocycles. The number of alkyl halides is 3. The highest BCUT2D eigenvalue weighted by Gasteiger charge is 2.64. The van der Waals surface area contributed by atoms with Gasteiger partial charge in [0.15, 0.2) is 21.8 Å². The topological polar surface area (TPSA) is 103 Å². The summed E-state index contributed by atoms with van der Waals surface area (Å²) in [4.78, 5) is 18.8. The van der Waals surface area contributed by atoms with E-state index in [2.05, 4.69) is 10.1 Å². The van der Waals surface area contributed by atoms with Crippen molar-refractivity contribution in [2.75, 3.05) is 19.3 Å². The number of nitrogens with zero attached hydrogens (tertiary/aromatic N) is 3. The average molecular weight is 459 g/mol. The van der Waals surface area contributed by atoms with Crippen LogP contribution in [0.3, 0.4) is 0 Å². The third-order valence-electron chi connectivity index (χ3n) is 5.78. The van der Waals surface area contributed by atoms with E-state index < -0.39 is 33.4 Å². The zero-order chi connectivity index (χ0) is 22.8. The molecule has 1 amide bonds. The molecule has 1 aromatic heterocycles. The van der Waals surface area contributed by atoms with Crippen LogP contribution in [0.1, 0.15) is 35.4 Å². The van der Waals surface area contributed by atoms with Crippen LogP contribution in [0.5, 0.6) is 5.75 Å². The number of hydrogen-bond donors (Lipinski definition) is 0. The fourth-order valence-electron chi connectivity index (χ4n) is 3.92. The highest BCUT2D eigenvalue weighted by Crippen LogP contribution is 2.58. The molecule has 0 spiro atoms. The minimum absolute atomic E-state index is 0.102. The van der Waals surface area contributed by atoms with Gasteiger partial charge in [-0.2, -0.15) is 18.2 Å². The zero-order valence-corrected chi connectivity index (χ0v) is 17.7. The summed E-state index contributed by atoms with van der Waals surface area (Å²) < 4.78 is 72.9. The number of fused-ring (bicyclic) bond motifs is 1. The summed E-state index contributed by atoms with van der Waals surface area (Å²) >= 11 is 0. The Kier molecular flexibility index (Phi) is 4.83. The summed E-state index contributed by atoms with van der Waals surface area (Å²) in [5, 5.41) is 3.96. The van der Waals surface area contributed by atoms with E-state index in [9.17, 15) is 26.4 Å². The molecule has 3 atom stereocenters. The molecule has 4 rings (SSSR count). The minimum Gasteiger partial charge on any atom is -0.480 e. The molecule has 2 aromatic rings. The van der Waals surface area contributed by atoms with E-state index in [0.29, 0.717) is 18.3 Å². The molecule has 0 radical (unpaired) electrons. The maximum absolute atomic E-state index is 13.2. The Bertz CT molecular complexity index is 1150. The largest absolute Gasteiger partial charge is 0.480 e. The first-order valence-electron chi connectivity index (χ1n) is 9.49. The number of benzene rings is 1. The summed E-state index contributed by atoms with van der Waals surface area (Å²) in [6, 6.07) is 3.27. The van der Waals surface area contributed by atoms with Crippen molar-refractivity contribution in [1.29, 1.82) is 0 Å². The molecule has 1 aliphatic carbocycles. The number of aryl methyl sites for hydroxylation is 1. The Labute approximate surface area is 176 Å². The fourth-order valence-corrected chi connectivity index (χ4v) is 4.57. The first-order chi connectivity index (χ1) is 14.3. The van der Waals surface area contributed by atoms with Crippen molar-refractivity contribution < 1.29 is 35.6 Å². The van der Waals surface area contributed by atoms with Gasteiger partial charge in [-0.15, -0.1) is 0 Å². The number of rotatable bonds is 5. The van der Waals surface area contributed by atoms with Crippen LogP contribution in [0.15, 0.2) is 27.6 Å². The quantitative estimate of drug-likeness (QED) is 0.677. The van der Waals surface area contributed by atoms with Gasteiger partial charge in [0.2, 0.25) is 5.89 Å². The van der Waals surface area contributed by atoms with Crippen molar-refractivity contribution in [1.82, 2.24) is 15.0 Å². The van der Waals surface area contributed by atoms with E-state index in [1.54, 1.807) is 6.92 Å². The fraction of sp³-hybridized carbons (Fsp3) is 0.526. The van der Waals surface area contributed by atoms with Gasteiger partial charge in [-0.1, -0.05) is 5.16 Å². The molecular weight excluding hydrogens is 439 g/mol. The van der Waals surface area contributed by atoms with E-state index in [4.69, 9.17) is 9.26 Å². The average Bonchev–Trinajstić information content (AvgIpc) is 2.99. The van der Waals surface area contributed by atoms with E-state index in [0.717, 1.165) is 37.8 Å². The van der Waals surface area contributed by atoms with Gasteiger partial charge in [-0.05, 0) is 37.5 Å². The zero-order valence-electron chi connectivity index (χ0n) is 16.9. The second-order valence-corrected chi connectivity index (χ2v) is 10.1. The summed E-state index contributed by atoms with van der Waals surface area (Å²) in [5.74, 6) is 0.0637. The van der Waals surface area contributed by atoms with Gasteiger partial charge in [0, 0.05) is 26.3 Å². The molecule has 2 heterocycles. The van der Waals surface area contributed by atoms with Gasteiger partial charge in [0.1, 0.15) is 5.75 Å². The van der Waals surface area contributed by atoms with Gasteiger partial charge in [-0.25, -0.2) is 8.42 Å². The molecule has 1 saturated heterocycles. The van der Waals surface area contributed by atoms with Crippen molar-refractivity contribution in [3.8, 4) is 5.75 Å². The van der Waals surface area contributed by atoms with E-state index >= 15 is 0 Å². The van der Waals surface area contributed by atoms with Gasteiger partial charge >= 0.3 is 6.18 Å². The number of sulfone groups is 1. The Morgan fingerprint density at radius 1 is 1.39 bits per heavy atom. The van der Waals surface area contributed by atoms with Crippen LogP contribution < -0.4 is 4.74 Å². The third-order valence-corrected chi connectivity index (χ3v) is 6.89. The number of hydrogen-bond acceptors (Lipinski definition) is 7. The molecule has 168 valence electrons. The third kappa shape index (κ3) is 3.88. The first kappa shape index (κ1) is 21.6. The second-order valence-electron chi connectivity index (χ2n) is 8.11. The molecule has 2 aliphatic rings. The smallest absolute Gasteiger partial charge is 0.425 e. The molecule has 12 heteroatoms. The maximum Gasteiger partial charge on any atom is 0.425 e. The number of carbonyl (C=O) groups excluding carboxylic acids is 1. The van der Waals surface area contributed by atoms with Gasteiger partial charge in [0.25, 0.3) is 5.91 Å². The molecule has 0 bridgehead atoms. The first-order valence-corrected chi connectivity index (χ1v) is 11.4. The summed E-state index contributed by atoms with van der Waals surface area (Å²) in [6.07, 6.45) is -5.10. The van der Waals surface area contributed by atoms with Crippen molar-refractivity contribution in [3.63, 3.8) is 0 Å². The number of ether oxygens (including phenoxy) is 1. The number of halogens is 3. The van der Waals surface area contributed by atoms with Crippen molar-refractivity contribution in [2.45, 2.75) is 42.9 Å². The molecule has 8 nitrogen and oxygen atoms in total. The number of aromatic nitrogens is 2. The highest BCUT2D eigenvalue weighted by atomic mass is 32.2. The van der Waals surface area contributed by atoms with Crippen LogP contribution in [-0.4, -0.2) is 61.0 Å². The summed E-state index contributed by atoms with van der Waals surface area (Å²) in [5.41, 5.74) is -0.679. The second kappa shape index (κ2) is 6.94. The van der Waals surface area contributed by atoms with E-state index in [1.807, 2.05) is 0 Å². The van der Waals surface area contributed by atoms with Crippen LogP contribution in [0, 0.1) is 12.8 Å². The van der Waals surface area contributed by atoms with Crippen LogP contribution >= 0.6 is 0 Å². The van der Waals surface area contributed by atoms with Gasteiger partial charge in [0.05, 0.1) is 15.9 Å². The predicted molar refractivity (Wildman–Crippen MR) is 100 cm³/mol. The monoisotopic (exact) mass is 459 g/mol. The lowest BCUT2D eigenvalue weighted by Gasteiger charge is -2.24. The maximum atomic E-state index is 13.2. The molecule has 2 fully saturated rings. The summed E-state index contributed by atoms with van der Waals surface area (Å²) in [7, 11) is -3.69. The Hall–Kier alpha value is -2.63. The van der Waals surface area contributed by atoms with Crippen LogP contribution in [0.4, 0.5) is 13.2 Å². The highest BCUT2D eigenvalue weighted by molar-refractivity contribution is 7.90. The molecular formula is C19H20F3N3O5S. The Morgan fingerprint density at radius 2 is 2.10 bits per heavy atom. The molecule has 0 N–H and O–H groups in total. The number of amides is 1. The van der Waals surface area contributed by atoms with Gasteiger partial charge < -0.3 is 14.2 Å².